The Morgan fingerprint density at radius 3 is 1.15 bits per heavy atom. The van der Waals surface area contributed by atoms with Gasteiger partial charge in [0.2, 0.25) is 5.91 Å². The quantitative estimate of drug-likeness (QED) is 0.0215. The van der Waals surface area contributed by atoms with Gasteiger partial charge in [-0.25, -0.2) is 0 Å². The second kappa shape index (κ2) is 53.5. The van der Waals surface area contributed by atoms with Gasteiger partial charge >= 0.3 is 0 Å². The number of ether oxygens (including phenoxy) is 2. The normalized spacial score (nSPS) is 19.7. The molecule has 75 heavy (non-hydrogen) atoms. The molecule has 1 aliphatic heterocycles. The highest BCUT2D eigenvalue weighted by molar-refractivity contribution is 5.80. The lowest BCUT2D eigenvalue weighted by Crippen LogP contribution is -2.60. The maximum atomic E-state index is 13.2. The molecule has 0 aromatic heterocycles. The van der Waals surface area contributed by atoms with Crippen molar-refractivity contribution in [3.63, 3.8) is 0 Å². The number of allylic oxidation sites excluding steroid dienone is 2. The Balaban J connectivity index is 2.26. The Morgan fingerprint density at radius 2 is 0.787 bits per heavy atom. The zero-order valence-corrected chi connectivity index (χ0v) is 49.1. The van der Waals surface area contributed by atoms with Crippen molar-refractivity contribution in [3.05, 3.63) is 12.2 Å². The maximum Gasteiger partial charge on any atom is 0.249 e. The summed E-state index contributed by atoms with van der Waals surface area (Å²) < 4.78 is 11.2. The van der Waals surface area contributed by atoms with Gasteiger partial charge in [-0.3, -0.25) is 4.79 Å². The molecule has 9 atom stereocenters. The van der Waals surface area contributed by atoms with Gasteiger partial charge in [0.15, 0.2) is 6.29 Å². The monoisotopic (exact) mass is 1070 g/mol. The predicted molar refractivity (Wildman–Crippen MR) is 312 cm³/mol. The molecular weight excluding hydrogens is 943 g/mol. The Labute approximate surface area is 462 Å². The summed E-state index contributed by atoms with van der Waals surface area (Å²) in [4.78, 5) is 13.2. The first-order valence-electron chi connectivity index (χ1n) is 32.6. The fourth-order valence-corrected chi connectivity index (χ4v) is 10.8. The van der Waals surface area contributed by atoms with Crippen molar-refractivity contribution < 1.29 is 50.0 Å². The topological polar surface area (TPSA) is 189 Å². The van der Waals surface area contributed by atoms with E-state index in [0.717, 1.165) is 38.5 Å². The third kappa shape index (κ3) is 41.5. The number of nitrogens with one attached hydrogen (secondary N) is 1. The summed E-state index contributed by atoms with van der Waals surface area (Å²) in [6.07, 6.45) is 52.8. The van der Waals surface area contributed by atoms with Crippen LogP contribution in [0.5, 0.6) is 0 Å². The van der Waals surface area contributed by atoms with Gasteiger partial charge in [-0.15, -0.1) is 0 Å². The van der Waals surface area contributed by atoms with Gasteiger partial charge in [0.25, 0.3) is 0 Å². The van der Waals surface area contributed by atoms with E-state index in [9.17, 15) is 40.5 Å². The lowest BCUT2D eigenvalue weighted by atomic mass is 9.98. The van der Waals surface area contributed by atoms with E-state index in [4.69, 9.17) is 9.47 Å². The number of aliphatic hydroxyl groups excluding tert-OH is 7. The highest BCUT2D eigenvalue weighted by atomic mass is 16.7. The fourth-order valence-electron chi connectivity index (χ4n) is 10.8. The molecule has 1 heterocycles. The first-order valence-corrected chi connectivity index (χ1v) is 32.6. The standard InChI is InChI=1S/C64H125NO10/c1-3-5-7-9-11-13-15-17-19-21-23-25-27-28-30-31-33-35-37-39-41-43-45-47-49-51-56(67)59(69)55(54-74-64-62(72)61(71)60(70)58(53-66)75-64)65-63(73)57(68)52-50-48-46-44-42-40-38-36-34-32-29-26-24-22-20-18-16-14-12-10-8-6-4-2/h43,45,55-62,64,66-72H,3-42,44,46-54H2,1-2H3,(H,65,73)/b45-43+. The van der Waals surface area contributed by atoms with Crippen molar-refractivity contribution in [2.24, 2.45) is 0 Å². The molecule has 446 valence electrons. The number of unbranched alkanes of at least 4 members (excludes halogenated alkanes) is 43. The summed E-state index contributed by atoms with van der Waals surface area (Å²) in [6, 6.07) is -1.18. The van der Waals surface area contributed by atoms with Gasteiger partial charge in [0, 0.05) is 0 Å². The third-order valence-corrected chi connectivity index (χ3v) is 16.1. The summed E-state index contributed by atoms with van der Waals surface area (Å²) >= 11 is 0. The smallest absolute Gasteiger partial charge is 0.249 e. The van der Waals surface area contributed by atoms with Crippen LogP contribution in [0.1, 0.15) is 322 Å². The average molecular weight is 1070 g/mol. The van der Waals surface area contributed by atoms with E-state index in [-0.39, 0.29) is 12.8 Å². The minimum atomic E-state index is -1.67. The van der Waals surface area contributed by atoms with Gasteiger partial charge in [-0.2, -0.15) is 0 Å². The number of rotatable bonds is 57. The van der Waals surface area contributed by atoms with Crippen LogP contribution in [0.3, 0.4) is 0 Å². The number of carbonyl (C=O) groups is 1. The summed E-state index contributed by atoms with van der Waals surface area (Å²) in [5, 5.41) is 76.3. The number of hydrogen-bond donors (Lipinski definition) is 8. The van der Waals surface area contributed by atoms with Crippen LogP contribution in [0.2, 0.25) is 0 Å². The second-order valence-corrected chi connectivity index (χ2v) is 23.2. The maximum absolute atomic E-state index is 13.2. The van der Waals surface area contributed by atoms with Crippen molar-refractivity contribution in [3.8, 4) is 0 Å². The zero-order valence-electron chi connectivity index (χ0n) is 49.1. The van der Waals surface area contributed by atoms with E-state index in [1.54, 1.807) is 0 Å². The van der Waals surface area contributed by atoms with Crippen molar-refractivity contribution in [2.45, 2.75) is 377 Å². The Morgan fingerprint density at radius 1 is 0.453 bits per heavy atom. The van der Waals surface area contributed by atoms with E-state index in [1.807, 2.05) is 0 Å². The van der Waals surface area contributed by atoms with Crippen molar-refractivity contribution in [1.82, 2.24) is 5.32 Å². The van der Waals surface area contributed by atoms with Crippen molar-refractivity contribution >= 4 is 5.91 Å². The molecule has 0 radical (unpaired) electrons. The minimum absolute atomic E-state index is 0.260. The van der Waals surface area contributed by atoms with Crippen LogP contribution in [0, 0.1) is 0 Å². The summed E-state index contributed by atoms with van der Waals surface area (Å²) in [5.41, 5.74) is 0. The number of aliphatic hydroxyl groups is 7. The molecule has 1 rings (SSSR count). The molecule has 1 amide bonds. The van der Waals surface area contributed by atoms with Gasteiger partial charge in [0.05, 0.1) is 25.4 Å². The fraction of sp³-hybridized carbons (Fsp3) is 0.953. The Bertz CT molecular complexity index is 1220. The number of carbonyl (C=O) groups excluding carboxylic acids is 1. The lowest BCUT2D eigenvalue weighted by Gasteiger charge is -2.40. The first kappa shape index (κ1) is 71.9. The Hall–Kier alpha value is -1.15. The van der Waals surface area contributed by atoms with Crippen LogP contribution in [0.4, 0.5) is 0 Å². The minimum Gasteiger partial charge on any atom is -0.394 e. The van der Waals surface area contributed by atoms with E-state index in [1.165, 1.54) is 244 Å². The zero-order chi connectivity index (χ0) is 54.7. The van der Waals surface area contributed by atoms with Crippen LogP contribution in [0.15, 0.2) is 12.2 Å². The average Bonchev–Trinajstić information content (AvgIpc) is 3.41. The number of hydrogen-bond acceptors (Lipinski definition) is 10. The van der Waals surface area contributed by atoms with E-state index in [0.29, 0.717) is 12.8 Å². The van der Waals surface area contributed by atoms with Crippen LogP contribution in [0.25, 0.3) is 0 Å². The van der Waals surface area contributed by atoms with Crippen LogP contribution >= 0.6 is 0 Å². The van der Waals surface area contributed by atoms with E-state index >= 15 is 0 Å². The second-order valence-electron chi connectivity index (χ2n) is 23.2. The van der Waals surface area contributed by atoms with Gasteiger partial charge in [-0.05, 0) is 38.5 Å². The molecule has 1 aliphatic rings. The molecule has 9 unspecified atom stereocenters. The molecule has 8 N–H and O–H groups in total. The van der Waals surface area contributed by atoms with Crippen LogP contribution < -0.4 is 5.32 Å². The largest absolute Gasteiger partial charge is 0.394 e. The highest BCUT2D eigenvalue weighted by Crippen LogP contribution is 2.24. The Kier molecular flexibility index (Phi) is 51.3. The molecule has 0 aromatic carbocycles. The predicted octanol–water partition coefficient (Wildman–Crippen LogP) is 14.7. The third-order valence-electron chi connectivity index (χ3n) is 16.1. The van der Waals surface area contributed by atoms with Crippen LogP contribution in [-0.4, -0.2) is 110 Å². The van der Waals surface area contributed by atoms with Gasteiger partial charge in [0.1, 0.15) is 36.6 Å². The van der Waals surface area contributed by atoms with Crippen molar-refractivity contribution in [1.29, 1.82) is 0 Å². The van der Waals surface area contributed by atoms with Crippen LogP contribution in [-0.2, 0) is 14.3 Å². The molecule has 11 heteroatoms. The SMILES string of the molecule is CCCCCCCCCCCCCCCCCCCCCC/C=C/CCCC(O)C(O)C(COC1OC(CO)C(O)C(O)C1O)NC(=O)C(O)CCCCCCCCCCCCCCCCCCCCCCCCC. The summed E-state index contributed by atoms with van der Waals surface area (Å²) in [6.45, 7) is 3.50. The molecule has 0 aliphatic carbocycles. The summed E-state index contributed by atoms with van der Waals surface area (Å²) in [5.74, 6) is -0.699. The van der Waals surface area contributed by atoms with Gasteiger partial charge < -0.3 is 50.5 Å². The van der Waals surface area contributed by atoms with Gasteiger partial charge in [-0.1, -0.05) is 296 Å². The highest BCUT2D eigenvalue weighted by Gasteiger charge is 2.44. The molecule has 0 aromatic rings. The summed E-state index contributed by atoms with van der Waals surface area (Å²) in [7, 11) is 0. The number of amides is 1. The van der Waals surface area contributed by atoms with E-state index < -0.39 is 74.2 Å². The molecule has 11 nitrogen and oxygen atoms in total. The molecule has 1 fully saturated rings. The van der Waals surface area contributed by atoms with E-state index in [2.05, 4.69) is 31.3 Å². The molecule has 0 saturated carbocycles. The molecule has 0 spiro atoms. The molecule has 1 saturated heterocycles. The lowest BCUT2D eigenvalue weighted by molar-refractivity contribution is -0.303. The van der Waals surface area contributed by atoms with Crippen molar-refractivity contribution in [2.75, 3.05) is 13.2 Å². The first-order chi connectivity index (χ1) is 36.7. The molecular formula is C64H125NO10. The molecule has 0 bridgehead atoms.